The molecule has 0 saturated carbocycles. The minimum Gasteiger partial charge on any atom is -0.462 e. The number of aliphatic hydroxyl groups excluding tert-OH is 1. The number of rotatable bonds is 64. The van der Waals surface area contributed by atoms with Gasteiger partial charge in [-0.3, -0.25) is 37.3 Å². The first kappa shape index (κ1) is 81.1. The van der Waals surface area contributed by atoms with Crippen molar-refractivity contribution in [1.82, 2.24) is 0 Å². The number of carbonyl (C=O) groups is 4. The number of phosphoric acid groups is 2. The van der Waals surface area contributed by atoms with Crippen molar-refractivity contribution in [2.24, 2.45) is 5.92 Å². The standard InChI is InChI=1S/C64H124O17P2/c1-6-10-13-16-17-18-19-20-21-22-23-24-25-26-27-32-35-40-45-50-64(69)81-60(54-75-62(67)48-43-39-34-31-29-28-30-33-38-41-46-57(5)9-4)56-79-83(72,73)77-52-58(65)51-76-82(70,71)78-55-59(80-63(68)49-44-37-15-12-8-3)53-74-61(66)47-42-36-14-11-7-2/h57-60,65H,6-56H2,1-5H3,(H,70,71)(H,72,73)/t57?,58-,59+,60+/m0/s1. The van der Waals surface area contributed by atoms with Crippen molar-refractivity contribution in [3.63, 3.8) is 0 Å². The molecular formula is C64H124O17P2. The third-order valence-electron chi connectivity index (χ3n) is 15.1. The Morgan fingerprint density at radius 2 is 0.578 bits per heavy atom. The number of phosphoric ester groups is 2. The maximum Gasteiger partial charge on any atom is 0.472 e. The molecule has 19 heteroatoms. The maximum absolute atomic E-state index is 13.0. The lowest BCUT2D eigenvalue weighted by Gasteiger charge is -2.21. The summed E-state index contributed by atoms with van der Waals surface area (Å²) >= 11 is 0. The molecular weight excluding hydrogens is 1100 g/mol. The number of hydrogen-bond acceptors (Lipinski definition) is 15. The van der Waals surface area contributed by atoms with E-state index in [1.54, 1.807) is 0 Å². The van der Waals surface area contributed by atoms with Crippen molar-refractivity contribution >= 4 is 39.5 Å². The highest BCUT2D eigenvalue weighted by atomic mass is 31.2. The fourth-order valence-electron chi connectivity index (χ4n) is 9.55. The van der Waals surface area contributed by atoms with Gasteiger partial charge in [-0.2, -0.15) is 0 Å². The summed E-state index contributed by atoms with van der Waals surface area (Å²) in [5.74, 6) is -1.35. The Hall–Kier alpha value is -1.94. The van der Waals surface area contributed by atoms with E-state index >= 15 is 0 Å². The number of ether oxygens (including phenoxy) is 4. The zero-order chi connectivity index (χ0) is 61.3. The normalized spacial score (nSPS) is 14.6. The lowest BCUT2D eigenvalue weighted by Crippen LogP contribution is -2.30. The van der Waals surface area contributed by atoms with E-state index in [9.17, 15) is 43.2 Å². The van der Waals surface area contributed by atoms with Gasteiger partial charge in [0.15, 0.2) is 12.2 Å². The number of unbranched alkanes of at least 4 members (excludes halogenated alkanes) is 35. The molecule has 0 aromatic carbocycles. The van der Waals surface area contributed by atoms with E-state index < -0.39 is 97.5 Å². The van der Waals surface area contributed by atoms with Crippen LogP contribution >= 0.6 is 15.6 Å². The van der Waals surface area contributed by atoms with Gasteiger partial charge in [-0.25, -0.2) is 9.13 Å². The Balaban J connectivity index is 5.08. The van der Waals surface area contributed by atoms with Gasteiger partial charge >= 0.3 is 39.5 Å². The SMILES string of the molecule is CCCCCCCCCCCCCCCCCCCCCC(=O)O[C@H](COC(=O)CCCCCCCCCCCCC(C)CC)COP(=O)(O)OC[C@@H](O)COP(=O)(O)OC[C@@H](COC(=O)CCCCCCC)OC(=O)CCCCCCC. The third-order valence-corrected chi connectivity index (χ3v) is 17.0. The highest BCUT2D eigenvalue weighted by Gasteiger charge is 2.30. The second-order valence-electron chi connectivity index (χ2n) is 23.4. The quantitative estimate of drug-likeness (QED) is 0.0222. The zero-order valence-electron chi connectivity index (χ0n) is 53.3. The molecule has 0 aromatic rings. The highest BCUT2D eigenvalue weighted by molar-refractivity contribution is 7.47. The van der Waals surface area contributed by atoms with Crippen LogP contribution in [0.2, 0.25) is 0 Å². The molecule has 0 aliphatic rings. The molecule has 6 atom stereocenters. The molecule has 0 aliphatic heterocycles. The van der Waals surface area contributed by atoms with E-state index in [0.717, 1.165) is 102 Å². The average molecular weight is 1230 g/mol. The van der Waals surface area contributed by atoms with Crippen molar-refractivity contribution < 1.29 is 80.2 Å². The second-order valence-corrected chi connectivity index (χ2v) is 26.3. The number of esters is 4. The summed E-state index contributed by atoms with van der Waals surface area (Å²) in [5, 5.41) is 10.5. The van der Waals surface area contributed by atoms with Gasteiger partial charge in [0.2, 0.25) is 0 Å². The van der Waals surface area contributed by atoms with E-state index in [1.807, 2.05) is 0 Å². The van der Waals surface area contributed by atoms with Crippen molar-refractivity contribution in [1.29, 1.82) is 0 Å². The molecule has 0 radical (unpaired) electrons. The molecule has 492 valence electrons. The van der Waals surface area contributed by atoms with Crippen LogP contribution in [0.1, 0.15) is 324 Å². The predicted molar refractivity (Wildman–Crippen MR) is 331 cm³/mol. The summed E-state index contributed by atoms with van der Waals surface area (Å²) < 4.78 is 67.6. The second kappa shape index (κ2) is 57.8. The Labute approximate surface area is 505 Å². The zero-order valence-corrected chi connectivity index (χ0v) is 55.1. The monoisotopic (exact) mass is 1230 g/mol. The number of carbonyl (C=O) groups excluding carboxylic acids is 4. The van der Waals surface area contributed by atoms with Gasteiger partial charge in [0.05, 0.1) is 26.4 Å². The summed E-state index contributed by atoms with van der Waals surface area (Å²) in [7, 11) is -9.87. The summed E-state index contributed by atoms with van der Waals surface area (Å²) in [6.07, 6.45) is 42.5. The number of hydrogen-bond donors (Lipinski definition) is 3. The van der Waals surface area contributed by atoms with Crippen LogP contribution in [0.4, 0.5) is 0 Å². The van der Waals surface area contributed by atoms with Crippen molar-refractivity contribution in [2.75, 3.05) is 39.6 Å². The van der Waals surface area contributed by atoms with Gasteiger partial charge < -0.3 is 33.8 Å². The molecule has 0 bridgehead atoms. The molecule has 0 aliphatic carbocycles. The van der Waals surface area contributed by atoms with Crippen LogP contribution < -0.4 is 0 Å². The molecule has 0 heterocycles. The van der Waals surface area contributed by atoms with Gasteiger partial charge in [0.1, 0.15) is 19.3 Å². The summed E-state index contributed by atoms with van der Waals surface area (Å²) in [5.41, 5.74) is 0. The Bertz CT molecular complexity index is 1620. The van der Waals surface area contributed by atoms with Crippen LogP contribution in [0.25, 0.3) is 0 Å². The van der Waals surface area contributed by atoms with Gasteiger partial charge in [0.25, 0.3) is 0 Å². The lowest BCUT2D eigenvalue weighted by molar-refractivity contribution is -0.161. The van der Waals surface area contributed by atoms with Crippen molar-refractivity contribution in [3.8, 4) is 0 Å². The van der Waals surface area contributed by atoms with E-state index in [0.29, 0.717) is 25.7 Å². The van der Waals surface area contributed by atoms with E-state index in [4.69, 9.17) is 37.0 Å². The van der Waals surface area contributed by atoms with Crippen LogP contribution in [0, 0.1) is 5.92 Å². The van der Waals surface area contributed by atoms with E-state index in [-0.39, 0.29) is 25.7 Å². The van der Waals surface area contributed by atoms with Gasteiger partial charge in [-0.1, -0.05) is 272 Å². The molecule has 0 aromatic heterocycles. The highest BCUT2D eigenvalue weighted by Crippen LogP contribution is 2.45. The van der Waals surface area contributed by atoms with Crippen molar-refractivity contribution in [3.05, 3.63) is 0 Å². The summed E-state index contributed by atoms with van der Waals surface area (Å²) in [6, 6.07) is 0. The first-order valence-corrected chi connectivity index (χ1v) is 36.7. The smallest absolute Gasteiger partial charge is 0.462 e. The molecule has 0 amide bonds. The Morgan fingerprint density at radius 3 is 0.855 bits per heavy atom. The fourth-order valence-corrected chi connectivity index (χ4v) is 11.1. The van der Waals surface area contributed by atoms with E-state index in [1.165, 1.54) is 141 Å². The van der Waals surface area contributed by atoms with Gasteiger partial charge in [-0.05, 0) is 31.6 Å². The minimum absolute atomic E-state index is 0.0989. The largest absolute Gasteiger partial charge is 0.472 e. The molecule has 83 heavy (non-hydrogen) atoms. The molecule has 0 saturated heterocycles. The van der Waals surface area contributed by atoms with Crippen LogP contribution in [-0.4, -0.2) is 96.7 Å². The molecule has 17 nitrogen and oxygen atoms in total. The van der Waals surface area contributed by atoms with Gasteiger partial charge in [-0.15, -0.1) is 0 Å². The fraction of sp³-hybridized carbons (Fsp3) is 0.938. The average Bonchev–Trinajstić information content (AvgIpc) is 3.47. The predicted octanol–water partition coefficient (Wildman–Crippen LogP) is 17.8. The molecule has 3 unspecified atom stereocenters. The lowest BCUT2D eigenvalue weighted by atomic mass is 9.99. The van der Waals surface area contributed by atoms with Crippen LogP contribution in [-0.2, 0) is 65.4 Å². The molecule has 3 N–H and O–H groups in total. The Kier molecular flexibility index (Phi) is 56.4. The first-order chi connectivity index (χ1) is 40.1. The number of aliphatic hydroxyl groups is 1. The molecule has 0 fully saturated rings. The molecule has 0 rings (SSSR count). The van der Waals surface area contributed by atoms with Crippen LogP contribution in [0.15, 0.2) is 0 Å². The maximum atomic E-state index is 13.0. The Morgan fingerprint density at radius 1 is 0.337 bits per heavy atom. The van der Waals surface area contributed by atoms with Crippen molar-refractivity contribution in [2.45, 2.75) is 342 Å². The van der Waals surface area contributed by atoms with Crippen LogP contribution in [0.5, 0.6) is 0 Å². The third kappa shape index (κ3) is 57.6. The minimum atomic E-state index is -4.94. The van der Waals surface area contributed by atoms with E-state index in [2.05, 4.69) is 34.6 Å². The van der Waals surface area contributed by atoms with Crippen LogP contribution in [0.3, 0.4) is 0 Å². The summed E-state index contributed by atoms with van der Waals surface area (Å²) in [6.45, 7) is 7.04. The molecule has 0 spiro atoms. The van der Waals surface area contributed by atoms with Gasteiger partial charge in [0, 0.05) is 25.7 Å². The topological polar surface area (TPSA) is 237 Å². The first-order valence-electron chi connectivity index (χ1n) is 33.7. The summed E-state index contributed by atoms with van der Waals surface area (Å²) in [4.78, 5) is 71.7.